The Hall–Kier alpha value is -0.570. The van der Waals surface area contributed by atoms with Gasteiger partial charge in [-0.25, -0.2) is 0 Å². The molecule has 0 radical (unpaired) electrons. The largest absolute Gasteiger partial charge is 0.355 e. The predicted octanol–water partition coefficient (Wildman–Crippen LogP) is 0.757. The van der Waals surface area contributed by atoms with Crippen molar-refractivity contribution in [3.05, 3.63) is 0 Å². The van der Waals surface area contributed by atoms with Crippen molar-refractivity contribution in [2.45, 2.75) is 33.2 Å². The lowest BCUT2D eigenvalue weighted by Crippen LogP contribution is -2.35. The van der Waals surface area contributed by atoms with Crippen molar-refractivity contribution >= 4 is 5.91 Å². The van der Waals surface area contributed by atoms with Gasteiger partial charge in [-0.05, 0) is 12.3 Å². The lowest BCUT2D eigenvalue weighted by Gasteiger charge is -2.08. The van der Waals surface area contributed by atoms with E-state index in [0.717, 1.165) is 19.5 Å². The van der Waals surface area contributed by atoms with E-state index in [1.807, 2.05) is 0 Å². The van der Waals surface area contributed by atoms with Crippen molar-refractivity contribution < 1.29 is 4.79 Å². The van der Waals surface area contributed by atoms with Crippen LogP contribution >= 0.6 is 0 Å². The van der Waals surface area contributed by atoms with Gasteiger partial charge in [0.1, 0.15) is 0 Å². The summed E-state index contributed by atoms with van der Waals surface area (Å²) < 4.78 is 0. The summed E-state index contributed by atoms with van der Waals surface area (Å²) in [5, 5.41) is 6.19. The first-order chi connectivity index (χ1) is 6.11. The van der Waals surface area contributed by atoms with Crippen LogP contribution in [0.2, 0.25) is 0 Å². The molecule has 0 bridgehead atoms. The van der Waals surface area contributed by atoms with Crippen LogP contribution in [0.5, 0.6) is 0 Å². The zero-order valence-corrected chi connectivity index (χ0v) is 8.76. The average molecular weight is 184 g/mol. The summed E-state index contributed by atoms with van der Waals surface area (Å²) in [4.78, 5) is 11.3. The van der Waals surface area contributed by atoms with Crippen LogP contribution in [0.1, 0.15) is 27.2 Å². The third-order valence-electron chi connectivity index (χ3n) is 2.42. The molecule has 0 heterocycles. The summed E-state index contributed by atoms with van der Waals surface area (Å²) in [7, 11) is 0. The quantitative estimate of drug-likeness (QED) is 0.619. The van der Waals surface area contributed by atoms with Gasteiger partial charge in [-0.15, -0.1) is 0 Å². The minimum Gasteiger partial charge on any atom is -0.355 e. The van der Waals surface area contributed by atoms with Crippen molar-refractivity contribution in [2.75, 3.05) is 13.1 Å². The maximum absolute atomic E-state index is 11.3. The topological polar surface area (TPSA) is 41.1 Å². The maximum atomic E-state index is 11.3. The maximum Gasteiger partial charge on any atom is 0.223 e. The van der Waals surface area contributed by atoms with E-state index in [2.05, 4.69) is 31.4 Å². The zero-order valence-electron chi connectivity index (χ0n) is 8.76. The second kappa shape index (κ2) is 4.61. The summed E-state index contributed by atoms with van der Waals surface area (Å²) in [6.07, 6.45) is 1.07. The van der Waals surface area contributed by atoms with Crippen molar-refractivity contribution in [3.8, 4) is 0 Å². The second-order valence-corrected chi connectivity index (χ2v) is 4.22. The van der Waals surface area contributed by atoms with E-state index < -0.39 is 0 Å². The van der Waals surface area contributed by atoms with E-state index in [1.165, 1.54) is 0 Å². The minimum atomic E-state index is 0.234. The Morgan fingerprint density at radius 2 is 2.08 bits per heavy atom. The van der Waals surface area contributed by atoms with E-state index in [1.54, 1.807) is 0 Å². The van der Waals surface area contributed by atoms with E-state index in [4.69, 9.17) is 0 Å². The first-order valence-corrected chi connectivity index (χ1v) is 5.12. The molecule has 0 aromatic carbocycles. The van der Waals surface area contributed by atoms with E-state index in [-0.39, 0.29) is 5.91 Å². The predicted molar refractivity (Wildman–Crippen MR) is 53.4 cm³/mol. The Morgan fingerprint density at radius 1 is 1.46 bits per heavy atom. The van der Waals surface area contributed by atoms with Crippen LogP contribution in [0.25, 0.3) is 0 Å². The standard InChI is InChI=1S/C10H20N2O/c1-7(2)11-4-5-12-10(13)9-6-8(9)3/h7-9,11H,4-6H2,1-3H3,(H,12,13). The fourth-order valence-electron chi connectivity index (χ4n) is 1.37. The molecule has 76 valence electrons. The molecule has 0 spiro atoms. The number of rotatable bonds is 5. The van der Waals surface area contributed by atoms with E-state index in [0.29, 0.717) is 17.9 Å². The SMILES string of the molecule is CC(C)NCCNC(=O)C1CC1C. The molecule has 1 saturated carbocycles. The lowest BCUT2D eigenvalue weighted by molar-refractivity contribution is -0.122. The highest BCUT2D eigenvalue weighted by molar-refractivity contribution is 5.81. The van der Waals surface area contributed by atoms with E-state index >= 15 is 0 Å². The van der Waals surface area contributed by atoms with Crippen LogP contribution in [0.15, 0.2) is 0 Å². The van der Waals surface area contributed by atoms with Crippen LogP contribution < -0.4 is 10.6 Å². The van der Waals surface area contributed by atoms with Crippen LogP contribution in [-0.4, -0.2) is 25.0 Å². The first kappa shape index (κ1) is 10.5. The zero-order chi connectivity index (χ0) is 9.84. The molecule has 1 aliphatic rings. The Morgan fingerprint density at radius 3 is 2.54 bits per heavy atom. The van der Waals surface area contributed by atoms with Crippen LogP contribution in [-0.2, 0) is 4.79 Å². The Labute approximate surface area is 80.3 Å². The Kier molecular flexibility index (Phi) is 3.72. The average Bonchev–Trinajstić information content (AvgIpc) is 2.75. The molecule has 1 fully saturated rings. The summed E-state index contributed by atoms with van der Waals surface area (Å²) in [6.45, 7) is 7.94. The molecule has 3 heteroatoms. The van der Waals surface area contributed by atoms with Gasteiger partial charge in [-0.1, -0.05) is 20.8 Å². The molecule has 2 atom stereocenters. The van der Waals surface area contributed by atoms with Crippen LogP contribution in [0.3, 0.4) is 0 Å². The molecular weight excluding hydrogens is 164 g/mol. The number of carbonyl (C=O) groups is 1. The van der Waals surface area contributed by atoms with Gasteiger partial charge in [-0.2, -0.15) is 0 Å². The highest BCUT2D eigenvalue weighted by atomic mass is 16.2. The third kappa shape index (κ3) is 3.77. The summed E-state index contributed by atoms with van der Waals surface area (Å²) in [6, 6.07) is 0.497. The fraction of sp³-hybridized carbons (Fsp3) is 0.900. The summed E-state index contributed by atoms with van der Waals surface area (Å²) in [5.41, 5.74) is 0. The summed E-state index contributed by atoms with van der Waals surface area (Å²) >= 11 is 0. The third-order valence-corrected chi connectivity index (χ3v) is 2.42. The van der Waals surface area contributed by atoms with Crippen molar-refractivity contribution in [1.29, 1.82) is 0 Å². The van der Waals surface area contributed by atoms with Gasteiger partial charge in [0.2, 0.25) is 5.91 Å². The monoisotopic (exact) mass is 184 g/mol. The van der Waals surface area contributed by atoms with E-state index in [9.17, 15) is 4.79 Å². The smallest absolute Gasteiger partial charge is 0.223 e. The van der Waals surface area contributed by atoms with Crippen molar-refractivity contribution in [3.63, 3.8) is 0 Å². The van der Waals surface area contributed by atoms with Gasteiger partial charge in [0.05, 0.1) is 0 Å². The highest BCUT2D eigenvalue weighted by Crippen LogP contribution is 2.37. The van der Waals surface area contributed by atoms with Crippen molar-refractivity contribution in [1.82, 2.24) is 10.6 Å². The Bertz CT molecular complexity index is 180. The molecule has 2 unspecified atom stereocenters. The first-order valence-electron chi connectivity index (χ1n) is 5.12. The fourth-order valence-corrected chi connectivity index (χ4v) is 1.37. The normalized spacial score (nSPS) is 26.2. The van der Waals surface area contributed by atoms with Gasteiger partial charge >= 0.3 is 0 Å². The second-order valence-electron chi connectivity index (χ2n) is 4.22. The van der Waals surface area contributed by atoms with Crippen molar-refractivity contribution in [2.24, 2.45) is 11.8 Å². The Balaban J connectivity index is 1.97. The molecule has 0 saturated heterocycles. The number of nitrogens with one attached hydrogen (secondary N) is 2. The van der Waals surface area contributed by atoms with Crippen LogP contribution in [0.4, 0.5) is 0 Å². The molecule has 2 N–H and O–H groups in total. The molecule has 3 nitrogen and oxygen atoms in total. The number of carbonyl (C=O) groups excluding carboxylic acids is 1. The number of amides is 1. The molecule has 1 aliphatic carbocycles. The molecule has 13 heavy (non-hydrogen) atoms. The highest BCUT2D eigenvalue weighted by Gasteiger charge is 2.38. The van der Waals surface area contributed by atoms with Crippen LogP contribution in [0, 0.1) is 11.8 Å². The van der Waals surface area contributed by atoms with Gasteiger partial charge in [0.15, 0.2) is 0 Å². The van der Waals surface area contributed by atoms with Gasteiger partial charge < -0.3 is 10.6 Å². The van der Waals surface area contributed by atoms with Gasteiger partial charge in [0.25, 0.3) is 0 Å². The molecule has 0 aliphatic heterocycles. The molecule has 1 amide bonds. The summed E-state index contributed by atoms with van der Waals surface area (Å²) in [5.74, 6) is 1.15. The van der Waals surface area contributed by atoms with Gasteiger partial charge in [-0.3, -0.25) is 4.79 Å². The minimum absolute atomic E-state index is 0.234. The lowest BCUT2D eigenvalue weighted by atomic mass is 10.3. The number of hydrogen-bond acceptors (Lipinski definition) is 2. The molecule has 0 aromatic heterocycles. The molecule has 1 rings (SSSR count). The molecular formula is C10H20N2O. The molecule has 0 aromatic rings. The number of hydrogen-bond donors (Lipinski definition) is 2. The van der Waals surface area contributed by atoms with Gasteiger partial charge in [0, 0.05) is 25.0 Å².